The molecule has 0 spiro atoms. The van der Waals surface area contributed by atoms with Crippen LogP contribution in [0.25, 0.3) is 16.6 Å². The fourth-order valence-corrected chi connectivity index (χ4v) is 2.67. The normalized spacial score (nSPS) is 11.9. The molecule has 3 aromatic rings. The summed E-state index contributed by atoms with van der Waals surface area (Å²) in [7, 11) is 2.23. The van der Waals surface area contributed by atoms with E-state index in [0.29, 0.717) is 9.95 Å². The quantitative estimate of drug-likeness (QED) is 0.612. The molecule has 0 bridgehead atoms. The second kappa shape index (κ2) is 5.68. The van der Waals surface area contributed by atoms with E-state index in [4.69, 9.17) is 0 Å². The highest BCUT2D eigenvalue weighted by Gasteiger charge is 2.35. The average molecular weight is 369 g/mol. The van der Waals surface area contributed by atoms with Gasteiger partial charge in [0.2, 0.25) is 0 Å². The number of hydrogen-bond acceptors (Lipinski definition) is 3. The van der Waals surface area contributed by atoms with E-state index in [0.717, 1.165) is 23.7 Å². The summed E-state index contributed by atoms with van der Waals surface area (Å²) in [5, 5.41) is 0.324. The van der Waals surface area contributed by atoms with Gasteiger partial charge in [-0.2, -0.15) is 13.2 Å². The van der Waals surface area contributed by atoms with E-state index in [1.807, 2.05) is 0 Å². The Morgan fingerprint density at radius 1 is 0.885 bits per heavy atom. The van der Waals surface area contributed by atoms with Gasteiger partial charge in [-0.3, -0.25) is 14.2 Å². The minimum absolute atomic E-state index is 0.211. The molecule has 0 fully saturated rings. The third-order valence-electron chi connectivity index (χ3n) is 4.05. The van der Waals surface area contributed by atoms with Crippen molar-refractivity contribution in [1.29, 1.82) is 0 Å². The number of fused-ring (bicyclic) bond motifs is 1. The van der Waals surface area contributed by atoms with Crippen LogP contribution in [0.1, 0.15) is 5.69 Å². The lowest BCUT2D eigenvalue weighted by Crippen LogP contribution is -2.41. The minimum atomic E-state index is -4.92. The molecule has 1 aromatic carbocycles. The van der Waals surface area contributed by atoms with Crippen molar-refractivity contribution in [2.45, 2.75) is 6.18 Å². The molecule has 0 saturated heterocycles. The van der Waals surface area contributed by atoms with Crippen LogP contribution >= 0.6 is 0 Å². The highest BCUT2D eigenvalue weighted by atomic mass is 19.4. The van der Waals surface area contributed by atoms with Crippen LogP contribution in [0, 0.1) is 5.82 Å². The van der Waals surface area contributed by atoms with Gasteiger partial charge in [0.25, 0.3) is 11.1 Å². The summed E-state index contributed by atoms with van der Waals surface area (Å²) in [5.74, 6) is -0.991. The van der Waals surface area contributed by atoms with Gasteiger partial charge in [-0.25, -0.2) is 13.8 Å². The first-order chi connectivity index (χ1) is 12.0. The smallest absolute Gasteiger partial charge is 0.311 e. The van der Waals surface area contributed by atoms with E-state index >= 15 is 0 Å². The molecule has 0 aliphatic carbocycles. The fourth-order valence-electron chi connectivity index (χ4n) is 2.67. The van der Waals surface area contributed by atoms with Crippen LogP contribution in [0.2, 0.25) is 0 Å². The molecule has 136 valence electrons. The van der Waals surface area contributed by atoms with E-state index in [2.05, 4.69) is 0 Å². The molecule has 0 atom stereocenters. The largest absolute Gasteiger partial charge is 0.431 e. The molecule has 0 saturated carbocycles. The third-order valence-corrected chi connectivity index (χ3v) is 4.05. The number of benzene rings is 1. The standard InChI is InChI=1S/C16H11F4N3O3/c1-21-10-6-11(9(17)5-8(10)3-4-13(21)24)23-14(25)7-12(16(18,19)20)22(2)15(23)26/h3-7H,1-2H3. The Labute approximate surface area is 142 Å². The lowest BCUT2D eigenvalue weighted by atomic mass is 10.2. The first-order valence-electron chi connectivity index (χ1n) is 7.22. The topological polar surface area (TPSA) is 66.0 Å². The predicted octanol–water partition coefficient (Wildman–Crippen LogP) is 1.55. The van der Waals surface area contributed by atoms with E-state index in [1.54, 1.807) is 0 Å². The van der Waals surface area contributed by atoms with E-state index in [-0.39, 0.29) is 16.2 Å². The zero-order chi connectivity index (χ0) is 19.4. The molecular formula is C16H11F4N3O3. The number of pyridine rings is 1. The monoisotopic (exact) mass is 369 g/mol. The Hall–Kier alpha value is -3.17. The van der Waals surface area contributed by atoms with Crippen molar-refractivity contribution < 1.29 is 17.6 Å². The summed E-state index contributed by atoms with van der Waals surface area (Å²) in [6, 6.07) is 4.85. The van der Waals surface area contributed by atoms with Crippen molar-refractivity contribution in [3.05, 3.63) is 73.0 Å². The zero-order valence-electron chi connectivity index (χ0n) is 13.5. The maximum absolute atomic E-state index is 14.4. The Balaban J connectivity index is 2.41. The van der Waals surface area contributed by atoms with Crippen LogP contribution in [0.5, 0.6) is 0 Å². The van der Waals surface area contributed by atoms with Gasteiger partial charge in [0, 0.05) is 31.6 Å². The molecule has 0 amide bonds. The number of aromatic nitrogens is 3. The third kappa shape index (κ3) is 2.63. The maximum Gasteiger partial charge on any atom is 0.431 e. The molecule has 2 heterocycles. The van der Waals surface area contributed by atoms with Crippen molar-refractivity contribution in [1.82, 2.24) is 13.7 Å². The number of rotatable bonds is 1. The van der Waals surface area contributed by atoms with Crippen LogP contribution in [0.3, 0.4) is 0 Å². The minimum Gasteiger partial charge on any atom is -0.311 e. The van der Waals surface area contributed by atoms with Crippen LogP contribution in [-0.4, -0.2) is 13.7 Å². The summed E-state index contributed by atoms with van der Waals surface area (Å²) in [5.41, 5.74) is -4.88. The van der Waals surface area contributed by atoms with Gasteiger partial charge in [-0.05, 0) is 18.2 Å². The van der Waals surface area contributed by atoms with Gasteiger partial charge < -0.3 is 4.57 Å². The molecule has 0 aliphatic heterocycles. The average Bonchev–Trinajstić information content (AvgIpc) is 2.54. The Bertz CT molecular complexity index is 1220. The summed E-state index contributed by atoms with van der Waals surface area (Å²) >= 11 is 0. The predicted molar refractivity (Wildman–Crippen MR) is 85.0 cm³/mol. The van der Waals surface area contributed by atoms with Crippen LogP contribution in [0.15, 0.2) is 44.7 Å². The molecule has 6 nitrogen and oxygen atoms in total. The maximum atomic E-state index is 14.4. The number of alkyl halides is 3. The Morgan fingerprint density at radius 2 is 1.54 bits per heavy atom. The first-order valence-corrected chi connectivity index (χ1v) is 7.22. The molecular weight excluding hydrogens is 358 g/mol. The molecule has 2 aromatic heterocycles. The summed E-state index contributed by atoms with van der Waals surface area (Å²) in [6.45, 7) is 0. The van der Waals surface area contributed by atoms with Crippen LogP contribution in [-0.2, 0) is 20.3 Å². The van der Waals surface area contributed by atoms with Gasteiger partial charge in [0.15, 0.2) is 0 Å². The second-order valence-corrected chi connectivity index (χ2v) is 5.64. The molecule has 0 radical (unpaired) electrons. The molecule has 3 rings (SSSR count). The number of aryl methyl sites for hydroxylation is 1. The summed E-state index contributed by atoms with van der Waals surface area (Å²) < 4.78 is 54.8. The molecule has 0 unspecified atom stereocenters. The molecule has 10 heteroatoms. The van der Waals surface area contributed by atoms with Crippen molar-refractivity contribution in [3.63, 3.8) is 0 Å². The number of hydrogen-bond donors (Lipinski definition) is 0. The molecule has 26 heavy (non-hydrogen) atoms. The van der Waals surface area contributed by atoms with Crippen LogP contribution < -0.4 is 16.8 Å². The van der Waals surface area contributed by atoms with Crippen molar-refractivity contribution in [2.75, 3.05) is 0 Å². The molecule has 0 N–H and O–H groups in total. The van der Waals surface area contributed by atoms with E-state index < -0.39 is 40.2 Å². The van der Waals surface area contributed by atoms with Crippen molar-refractivity contribution in [2.24, 2.45) is 14.1 Å². The zero-order valence-corrected chi connectivity index (χ0v) is 13.5. The highest BCUT2D eigenvalue weighted by Crippen LogP contribution is 2.27. The summed E-state index contributed by atoms with van der Waals surface area (Å²) in [6.07, 6.45) is -4.92. The van der Waals surface area contributed by atoms with Gasteiger partial charge in [-0.1, -0.05) is 0 Å². The molecule has 0 aliphatic rings. The van der Waals surface area contributed by atoms with Gasteiger partial charge in [-0.15, -0.1) is 0 Å². The summed E-state index contributed by atoms with van der Waals surface area (Å²) in [4.78, 5) is 36.1. The van der Waals surface area contributed by atoms with E-state index in [9.17, 15) is 31.9 Å². The fraction of sp³-hybridized carbons (Fsp3) is 0.188. The number of nitrogens with zero attached hydrogens (tertiary/aromatic N) is 3. The van der Waals surface area contributed by atoms with E-state index in [1.165, 1.54) is 19.2 Å². The second-order valence-electron chi connectivity index (χ2n) is 5.64. The lowest BCUT2D eigenvalue weighted by Gasteiger charge is -2.15. The van der Waals surface area contributed by atoms with Crippen LogP contribution in [0.4, 0.5) is 17.6 Å². The SMILES string of the molecule is Cn1c(C(F)(F)F)cc(=O)n(-c2cc3c(ccc(=O)n3C)cc2F)c1=O. The van der Waals surface area contributed by atoms with Gasteiger partial charge >= 0.3 is 11.9 Å². The highest BCUT2D eigenvalue weighted by molar-refractivity contribution is 5.81. The van der Waals surface area contributed by atoms with Gasteiger partial charge in [0.1, 0.15) is 11.5 Å². The lowest BCUT2D eigenvalue weighted by molar-refractivity contribution is -0.144. The van der Waals surface area contributed by atoms with Crippen molar-refractivity contribution >= 4 is 10.9 Å². The number of halogens is 4. The Kier molecular flexibility index (Phi) is 3.86. The Morgan fingerprint density at radius 3 is 2.15 bits per heavy atom. The van der Waals surface area contributed by atoms with Gasteiger partial charge in [0.05, 0.1) is 11.2 Å². The van der Waals surface area contributed by atoms with Crippen molar-refractivity contribution in [3.8, 4) is 5.69 Å². The first kappa shape index (κ1) is 17.6.